The molecule has 1 unspecified atom stereocenters. The van der Waals surface area contributed by atoms with Crippen LogP contribution in [0.2, 0.25) is 0 Å². The van der Waals surface area contributed by atoms with E-state index >= 15 is 0 Å². The van der Waals surface area contributed by atoms with Gasteiger partial charge in [0.05, 0.1) is 0 Å². The summed E-state index contributed by atoms with van der Waals surface area (Å²) in [4.78, 5) is 0. The molecule has 14 heavy (non-hydrogen) atoms. The fourth-order valence-corrected chi connectivity index (χ4v) is 2.14. The van der Waals surface area contributed by atoms with Crippen molar-refractivity contribution in [3.05, 3.63) is 41.3 Å². The molecule has 0 fully saturated rings. The van der Waals surface area contributed by atoms with Gasteiger partial charge in [-0.25, -0.2) is 0 Å². The average Bonchev–Trinajstić information content (AvgIpc) is 2.14. The Hall–Kier alpha value is -0.780. The lowest BCUT2D eigenvalue weighted by Crippen LogP contribution is -1.99. The van der Waals surface area contributed by atoms with E-state index in [9.17, 15) is 0 Å². The first-order chi connectivity index (χ1) is 6.66. The van der Waals surface area contributed by atoms with Gasteiger partial charge < -0.3 is 0 Å². The van der Waals surface area contributed by atoms with Crippen LogP contribution in [0, 0.1) is 20.3 Å². The summed E-state index contributed by atoms with van der Waals surface area (Å²) in [5, 5.41) is 0. The highest BCUT2D eigenvalue weighted by molar-refractivity contribution is 5.36. The number of hydrogen-bond acceptors (Lipinski definition) is 0. The molecular weight excluding hydrogens is 168 g/mol. The third-order valence-electron chi connectivity index (χ3n) is 2.84. The SMILES string of the molecule is CC[CH]CC(C)c1c(C)cccc1C. The van der Waals surface area contributed by atoms with Crippen LogP contribution in [0.5, 0.6) is 0 Å². The summed E-state index contributed by atoms with van der Waals surface area (Å²) < 4.78 is 0. The van der Waals surface area contributed by atoms with E-state index in [0.29, 0.717) is 5.92 Å². The topological polar surface area (TPSA) is 0 Å². The Morgan fingerprint density at radius 2 is 1.79 bits per heavy atom. The molecule has 0 aliphatic rings. The van der Waals surface area contributed by atoms with Gasteiger partial charge in [-0.15, -0.1) is 0 Å². The third kappa shape index (κ3) is 2.60. The van der Waals surface area contributed by atoms with Crippen LogP contribution in [0.1, 0.15) is 49.3 Å². The molecule has 1 aromatic rings. The number of unbranched alkanes of at least 4 members (excludes halogenated alkanes) is 1. The molecule has 0 amide bonds. The summed E-state index contributed by atoms with van der Waals surface area (Å²) in [5.74, 6) is 0.663. The largest absolute Gasteiger partial charge is 0.0651 e. The fraction of sp³-hybridized carbons (Fsp3) is 0.500. The van der Waals surface area contributed by atoms with Gasteiger partial charge in [-0.1, -0.05) is 38.5 Å². The first-order valence-electron chi connectivity index (χ1n) is 5.54. The zero-order chi connectivity index (χ0) is 10.6. The minimum atomic E-state index is 0.663. The van der Waals surface area contributed by atoms with Gasteiger partial charge in [0, 0.05) is 0 Å². The van der Waals surface area contributed by atoms with E-state index in [-0.39, 0.29) is 0 Å². The molecule has 0 nitrogen and oxygen atoms in total. The predicted molar refractivity (Wildman–Crippen MR) is 63.5 cm³/mol. The zero-order valence-electron chi connectivity index (χ0n) is 9.80. The van der Waals surface area contributed by atoms with Crippen LogP contribution in [-0.2, 0) is 0 Å². The minimum Gasteiger partial charge on any atom is -0.0651 e. The van der Waals surface area contributed by atoms with Crippen molar-refractivity contribution in [3.63, 3.8) is 0 Å². The first-order valence-corrected chi connectivity index (χ1v) is 5.54. The predicted octanol–water partition coefficient (Wildman–Crippen LogP) is 4.41. The van der Waals surface area contributed by atoms with E-state index < -0.39 is 0 Å². The van der Waals surface area contributed by atoms with E-state index in [0.717, 1.165) is 0 Å². The van der Waals surface area contributed by atoms with E-state index in [1.807, 2.05) is 0 Å². The van der Waals surface area contributed by atoms with Crippen molar-refractivity contribution >= 4 is 0 Å². The normalized spacial score (nSPS) is 12.9. The lowest BCUT2D eigenvalue weighted by Gasteiger charge is -2.16. The monoisotopic (exact) mass is 189 g/mol. The van der Waals surface area contributed by atoms with Gasteiger partial charge >= 0.3 is 0 Å². The van der Waals surface area contributed by atoms with E-state index in [2.05, 4.69) is 52.3 Å². The molecule has 0 aromatic heterocycles. The fourth-order valence-electron chi connectivity index (χ4n) is 2.14. The standard InChI is InChI=1S/C14H21/c1-5-6-8-11(2)14-12(3)9-7-10-13(14)4/h6-7,9-11H,5,8H2,1-4H3. The molecular formula is C14H21. The molecule has 0 aliphatic heterocycles. The van der Waals surface area contributed by atoms with Crippen molar-refractivity contribution in [3.8, 4) is 0 Å². The van der Waals surface area contributed by atoms with Crippen molar-refractivity contribution in [1.82, 2.24) is 0 Å². The summed E-state index contributed by atoms with van der Waals surface area (Å²) in [6.07, 6.45) is 4.74. The Morgan fingerprint density at radius 1 is 1.21 bits per heavy atom. The van der Waals surface area contributed by atoms with Crippen LogP contribution >= 0.6 is 0 Å². The van der Waals surface area contributed by atoms with Crippen molar-refractivity contribution in [2.45, 2.75) is 46.5 Å². The summed E-state index contributed by atoms with van der Waals surface area (Å²) in [6.45, 7) is 8.95. The van der Waals surface area contributed by atoms with Gasteiger partial charge in [-0.2, -0.15) is 0 Å². The smallest absolute Gasteiger partial charge is 0.0182 e. The second-order valence-corrected chi connectivity index (χ2v) is 4.14. The Labute approximate surface area is 88.4 Å². The molecule has 1 radical (unpaired) electrons. The minimum absolute atomic E-state index is 0.663. The Balaban J connectivity index is 2.82. The van der Waals surface area contributed by atoms with E-state index in [1.54, 1.807) is 0 Å². The van der Waals surface area contributed by atoms with Gasteiger partial charge in [-0.3, -0.25) is 0 Å². The van der Waals surface area contributed by atoms with Gasteiger partial charge in [0.25, 0.3) is 0 Å². The molecule has 0 saturated heterocycles. The van der Waals surface area contributed by atoms with Crippen molar-refractivity contribution in [1.29, 1.82) is 0 Å². The number of rotatable bonds is 4. The zero-order valence-corrected chi connectivity index (χ0v) is 9.80. The summed E-state index contributed by atoms with van der Waals surface area (Å²) in [7, 11) is 0. The van der Waals surface area contributed by atoms with Gasteiger partial charge in [-0.05, 0) is 49.3 Å². The van der Waals surface area contributed by atoms with Crippen LogP contribution < -0.4 is 0 Å². The summed E-state index contributed by atoms with van der Waals surface area (Å²) in [5.41, 5.74) is 4.40. The maximum atomic E-state index is 2.37. The number of hydrogen-bond donors (Lipinski definition) is 0. The lowest BCUT2D eigenvalue weighted by molar-refractivity contribution is 0.716. The van der Waals surface area contributed by atoms with Crippen LogP contribution in [0.4, 0.5) is 0 Å². The second-order valence-electron chi connectivity index (χ2n) is 4.14. The Kier molecular flexibility index (Phi) is 4.19. The maximum Gasteiger partial charge on any atom is -0.0182 e. The molecule has 0 saturated carbocycles. The van der Waals surface area contributed by atoms with Gasteiger partial charge in [0.2, 0.25) is 0 Å². The molecule has 0 N–H and O–H groups in total. The number of aryl methyl sites for hydroxylation is 2. The van der Waals surface area contributed by atoms with Crippen molar-refractivity contribution in [2.75, 3.05) is 0 Å². The van der Waals surface area contributed by atoms with E-state index in [1.165, 1.54) is 29.5 Å². The molecule has 1 atom stereocenters. The first kappa shape index (κ1) is 11.3. The van der Waals surface area contributed by atoms with Crippen LogP contribution in [0.15, 0.2) is 18.2 Å². The van der Waals surface area contributed by atoms with Crippen LogP contribution in [0.25, 0.3) is 0 Å². The van der Waals surface area contributed by atoms with Crippen LogP contribution in [-0.4, -0.2) is 0 Å². The highest BCUT2D eigenvalue weighted by Gasteiger charge is 2.09. The summed E-state index contributed by atoms with van der Waals surface area (Å²) >= 11 is 0. The van der Waals surface area contributed by atoms with Gasteiger partial charge in [0.1, 0.15) is 0 Å². The van der Waals surface area contributed by atoms with Gasteiger partial charge in [0.15, 0.2) is 0 Å². The molecule has 0 heterocycles. The molecule has 1 aromatic carbocycles. The molecule has 0 aliphatic carbocycles. The molecule has 0 bridgehead atoms. The molecule has 1 rings (SSSR count). The molecule has 77 valence electrons. The number of benzene rings is 1. The van der Waals surface area contributed by atoms with E-state index in [4.69, 9.17) is 0 Å². The summed E-state index contributed by atoms with van der Waals surface area (Å²) in [6, 6.07) is 6.57. The second kappa shape index (κ2) is 5.19. The quantitative estimate of drug-likeness (QED) is 0.658. The maximum absolute atomic E-state index is 2.37. The van der Waals surface area contributed by atoms with Crippen molar-refractivity contribution < 1.29 is 0 Å². The third-order valence-corrected chi connectivity index (χ3v) is 2.84. The van der Waals surface area contributed by atoms with Crippen molar-refractivity contribution in [2.24, 2.45) is 0 Å². The highest BCUT2D eigenvalue weighted by atomic mass is 14.1. The highest BCUT2D eigenvalue weighted by Crippen LogP contribution is 2.26. The van der Waals surface area contributed by atoms with Crippen LogP contribution in [0.3, 0.4) is 0 Å². The average molecular weight is 189 g/mol. The molecule has 0 spiro atoms. The lowest BCUT2D eigenvalue weighted by atomic mass is 9.89. The Morgan fingerprint density at radius 3 is 2.29 bits per heavy atom. The molecule has 0 heteroatoms. The Bertz CT molecular complexity index is 266.